The summed E-state index contributed by atoms with van der Waals surface area (Å²) < 4.78 is 10.2. The second kappa shape index (κ2) is 6.53. The van der Waals surface area contributed by atoms with Gasteiger partial charge in [-0.2, -0.15) is 11.8 Å². The Morgan fingerprint density at radius 2 is 2.19 bits per heavy atom. The summed E-state index contributed by atoms with van der Waals surface area (Å²) in [6.45, 7) is -0.201. The molecular weight excluding hydrogens is 236 g/mol. The molecule has 0 amide bonds. The van der Waals surface area contributed by atoms with Crippen LogP contribution in [0.2, 0.25) is 0 Å². The Labute approximate surface area is 97.5 Å². The fourth-order valence-corrected chi connectivity index (χ4v) is 1.60. The molecular formula is C9H16O6S. The number of carbonyl (C=O) groups is 1. The summed E-state index contributed by atoms with van der Waals surface area (Å²) in [5.74, 6) is -0.0137. The summed E-state index contributed by atoms with van der Waals surface area (Å²) in [5, 5.41) is 27.8. The summed E-state index contributed by atoms with van der Waals surface area (Å²) in [7, 11) is 0. The Balaban J connectivity index is 2.53. The maximum absolute atomic E-state index is 11.3. The largest absolute Gasteiger partial charge is 0.393 e. The standard InChI is InChI=1S/C9H16O6S/c1-16-3-2-14-9-8(13)7(12)6(11)5(4-10)15-9/h5,7-10,12-13H,2-4H2,1H3. The lowest BCUT2D eigenvalue weighted by molar-refractivity contribution is -0.255. The van der Waals surface area contributed by atoms with Crippen molar-refractivity contribution in [2.24, 2.45) is 0 Å². The van der Waals surface area contributed by atoms with E-state index in [0.29, 0.717) is 12.4 Å². The second-order valence-electron chi connectivity index (χ2n) is 3.38. The normalized spacial score (nSPS) is 35.4. The number of aliphatic hydroxyl groups excluding tert-OH is 3. The first kappa shape index (κ1) is 13.9. The van der Waals surface area contributed by atoms with Gasteiger partial charge in [0.05, 0.1) is 13.2 Å². The van der Waals surface area contributed by atoms with Crippen molar-refractivity contribution < 1.29 is 29.6 Å². The number of thioether (sulfide) groups is 1. The maximum atomic E-state index is 11.3. The molecule has 1 aliphatic rings. The zero-order valence-electron chi connectivity index (χ0n) is 8.91. The molecule has 0 aliphatic carbocycles. The highest BCUT2D eigenvalue weighted by Crippen LogP contribution is 2.18. The van der Waals surface area contributed by atoms with Crippen LogP contribution in [0.5, 0.6) is 0 Å². The lowest BCUT2D eigenvalue weighted by atomic mass is 10.0. The van der Waals surface area contributed by atoms with Crippen LogP contribution < -0.4 is 0 Å². The van der Waals surface area contributed by atoms with Gasteiger partial charge in [0, 0.05) is 5.75 Å². The zero-order valence-corrected chi connectivity index (χ0v) is 9.72. The monoisotopic (exact) mass is 252 g/mol. The van der Waals surface area contributed by atoms with Crippen molar-refractivity contribution >= 4 is 17.5 Å². The van der Waals surface area contributed by atoms with Crippen molar-refractivity contribution in [1.82, 2.24) is 0 Å². The summed E-state index contributed by atoms with van der Waals surface area (Å²) in [4.78, 5) is 11.3. The van der Waals surface area contributed by atoms with Crippen LogP contribution in [0, 0.1) is 0 Å². The molecule has 1 heterocycles. The molecule has 3 N–H and O–H groups in total. The average molecular weight is 252 g/mol. The molecule has 0 aromatic carbocycles. The molecule has 94 valence electrons. The lowest BCUT2D eigenvalue weighted by Crippen LogP contribution is -2.56. The minimum Gasteiger partial charge on any atom is -0.393 e. The highest BCUT2D eigenvalue weighted by atomic mass is 32.2. The molecule has 0 aromatic heterocycles. The molecule has 16 heavy (non-hydrogen) atoms. The second-order valence-corrected chi connectivity index (χ2v) is 4.36. The quantitative estimate of drug-likeness (QED) is 0.506. The lowest BCUT2D eigenvalue weighted by Gasteiger charge is -2.34. The molecule has 0 saturated carbocycles. The van der Waals surface area contributed by atoms with Gasteiger partial charge in [-0.15, -0.1) is 0 Å². The van der Waals surface area contributed by atoms with E-state index in [9.17, 15) is 15.0 Å². The van der Waals surface area contributed by atoms with Crippen molar-refractivity contribution in [1.29, 1.82) is 0 Å². The van der Waals surface area contributed by atoms with Gasteiger partial charge in [-0.1, -0.05) is 0 Å². The summed E-state index contributed by atoms with van der Waals surface area (Å²) in [6.07, 6.45) is -3.27. The minimum atomic E-state index is -1.56. The fourth-order valence-electron chi connectivity index (χ4n) is 1.34. The van der Waals surface area contributed by atoms with Crippen LogP contribution in [0.3, 0.4) is 0 Å². The van der Waals surface area contributed by atoms with Crippen LogP contribution >= 0.6 is 11.8 Å². The van der Waals surface area contributed by atoms with Gasteiger partial charge in [0.25, 0.3) is 0 Å². The molecule has 0 radical (unpaired) electrons. The van der Waals surface area contributed by atoms with Gasteiger partial charge in [0.1, 0.15) is 18.3 Å². The van der Waals surface area contributed by atoms with Gasteiger partial charge >= 0.3 is 0 Å². The smallest absolute Gasteiger partial charge is 0.195 e. The minimum absolute atomic E-state index is 0.335. The molecule has 1 fully saturated rings. The predicted octanol–water partition coefficient (Wildman–Crippen LogP) is -1.63. The number of aliphatic hydroxyl groups is 3. The Morgan fingerprint density at radius 1 is 1.50 bits per heavy atom. The number of hydrogen-bond acceptors (Lipinski definition) is 7. The molecule has 1 saturated heterocycles. The Hall–Kier alpha value is -0.180. The number of ether oxygens (including phenoxy) is 2. The van der Waals surface area contributed by atoms with E-state index in [0.717, 1.165) is 0 Å². The first-order valence-corrected chi connectivity index (χ1v) is 6.28. The third kappa shape index (κ3) is 3.16. The number of hydrogen-bond donors (Lipinski definition) is 3. The molecule has 4 atom stereocenters. The van der Waals surface area contributed by atoms with Crippen LogP contribution in [-0.2, 0) is 14.3 Å². The van der Waals surface area contributed by atoms with Crippen molar-refractivity contribution in [2.45, 2.75) is 24.6 Å². The third-order valence-electron chi connectivity index (χ3n) is 2.24. The molecule has 1 aliphatic heterocycles. The van der Waals surface area contributed by atoms with E-state index < -0.39 is 37.0 Å². The fraction of sp³-hybridized carbons (Fsp3) is 0.889. The zero-order chi connectivity index (χ0) is 12.1. The first-order valence-electron chi connectivity index (χ1n) is 4.88. The topological polar surface area (TPSA) is 96.2 Å². The SMILES string of the molecule is CSCCOC1OC(CO)C(=O)C(O)C1O. The van der Waals surface area contributed by atoms with Crippen molar-refractivity contribution in [3.8, 4) is 0 Å². The molecule has 1 rings (SSSR count). The molecule has 0 bridgehead atoms. The highest BCUT2D eigenvalue weighted by molar-refractivity contribution is 7.98. The van der Waals surface area contributed by atoms with Crippen LogP contribution in [0.1, 0.15) is 0 Å². The van der Waals surface area contributed by atoms with E-state index in [1.165, 1.54) is 0 Å². The van der Waals surface area contributed by atoms with E-state index in [2.05, 4.69) is 0 Å². The van der Waals surface area contributed by atoms with E-state index >= 15 is 0 Å². The Kier molecular flexibility index (Phi) is 5.67. The van der Waals surface area contributed by atoms with Crippen LogP contribution in [0.25, 0.3) is 0 Å². The maximum Gasteiger partial charge on any atom is 0.195 e. The van der Waals surface area contributed by atoms with Crippen LogP contribution in [0.15, 0.2) is 0 Å². The van der Waals surface area contributed by atoms with Gasteiger partial charge in [0.15, 0.2) is 12.1 Å². The first-order chi connectivity index (χ1) is 7.61. The van der Waals surface area contributed by atoms with E-state index in [-0.39, 0.29) is 0 Å². The highest BCUT2D eigenvalue weighted by Gasteiger charge is 2.43. The molecule has 0 aromatic rings. The number of Topliss-reactive ketones (excluding diaryl/α,β-unsaturated/α-hetero) is 1. The third-order valence-corrected chi connectivity index (χ3v) is 2.82. The number of ketones is 1. The van der Waals surface area contributed by atoms with Gasteiger partial charge in [-0.05, 0) is 6.26 Å². The molecule has 7 heteroatoms. The summed E-state index contributed by atoms with van der Waals surface area (Å²) in [5.41, 5.74) is 0. The van der Waals surface area contributed by atoms with E-state index in [1.807, 2.05) is 6.26 Å². The number of carbonyl (C=O) groups excluding carboxylic acids is 1. The molecule has 0 spiro atoms. The van der Waals surface area contributed by atoms with Crippen LogP contribution in [-0.4, -0.2) is 70.9 Å². The van der Waals surface area contributed by atoms with Crippen molar-refractivity contribution in [3.05, 3.63) is 0 Å². The molecule has 6 nitrogen and oxygen atoms in total. The van der Waals surface area contributed by atoms with Gasteiger partial charge in [-0.25, -0.2) is 0 Å². The summed E-state index contributed by atoms with van der Waals surface area (Å²) >= 11 is 1.56. The number of rotatable bonds is 5. The van der Waals surface area contributed by atoms with Gasteiger partial charge < -0.3 is 24.8 Å². The summed E-state index contributed by atoms with van der Waals surface area (Å²) in [6, 6.07) is 0. The average Bonchev–Trinajstić information content (AvgIpc) is 2.29. The Morgan fingerprint density at radius 3 is 2.75 bits per heavy atom. The predicted molar refractivity (Wildman–Crippen MR) is 57.1 cm³/mol. The van der Waals surface area contributed by atoms with E-state index in [1.54, 1.807) is 11.8 Å². The van der Waals surface area contributed by atoms with Gasteiger partial charge in [-0.3, -0.25) is 4.79 Å². The van der Waals surface area contributed by atoms with Crippen molar-refractivity contribution in [2.75, 3.05) is 25.2 Å². The van der Waals surface area contributed by atoms with E-state index in [4.69, 9.17) is 14.6 Å². The van der Waals surface area contributed by atoms with Crippen LogP contribution in [0.4, 0.5) is 0 Å². The Bertz CT molecular complexity index is 232. The van der Waals surface area contributed by atoms with Gasteiger partial charge in [0.2, 0.25) is 0 Å². The van der Waals surface area contributed by atoms with Crippen molar-refractivity contribution in [3.63, 3.8) is 0 Å². The molecule has 4 unspecified atom stereocenters.